The molecule has 3 aromatic rings. The fourth-order valence-corrected chi connectivity index (χ4v) is 5.37. The summed E-state index contributed by atoms with van der Waals surface area (Å²) in [5, 5.41) is 0. The van der Waals surface area contributed by atoms with E-state index < -0.39 is 23.6 Å². The SMILES string of the molecule is COc1cccc(F)c1N1CCC(N2Cc3cccc(OC)c3N(Cc3ccccc3C(F)(F)F)C2=O)C1. The number of carbonyl (C=O) groups excluding carboxylic acids is 1. The van der Waals surface area contributed by atoms with Crippen LogP contribution in [-0.2, 0) is 19.3 Å². The molecule has 0 spiro atoms. The minimum Gasteiger partial charge on any atom is -0.495 e. The van der Waals surface area contributed by atoms with E-state index in [2.05, 4.69) is 0 Å². The van der Waals surface area contributed by atoms with Gasteiger partial charge in [-0.15, -0.1) is 0 Å². The van der Waals surface area contributed by atoms with Gasteiger partial charge in [-0.05, 0) is 41.8 Å². The van der Waals surface area contributed by atoms with E-state index in [1.165, 1.54) is 43.4 Å². The fourth-order valence-electron chi connectivity index (χ4n) is 5.37. The number of hydrogen-bond donors (Lipinski definition) is 0. The van der Waals surface area contributed by atoms with Crippen molar-refractivity contribution < 1.29 is 31.8 Å². The summed E-state index contributed by atoms with van der Waals surface area (Å²) in [5.41, 5.74) is 0.741. The lowest BCUT2D eigenvalue weighted by molar-refractivity contribution is -0.138. The normalized spacial score (nSPS) is 17.6. The zero-order valence-electron chi connectivity index (χ0n) is 21.0. The molecule has 2 amide bonds. The number of anilines is 2. The van der Waals surface area contributed by atoms with E-state index in [1.807, 2.05) is 11.0 Å². The van der Waals surface area contributed by atoms with Gasteiger partial charge in [0, 0.05) is 19.6 Å². The standard InChI is InChI=1S/C28H27F4N3O3/c1-37-23-11-5-8-19-16-34(20-13-14-33(17-20)26-22(29)10-6-12-24(26)38-2)27(36)35(25(19)23)15-18-7-3-4-9-21(18)28(30,31)32/h3-12,20H,13-17H2,1-2H3. The van der Waals surface area contributed by atoms with Gasteiger partial charge in [-0.25, -0.2) is 9.18 Å². The van der Waals surface area contributed by atoms with Crippen molar-refractivity contribution in [2.24, 2.45) is 0 Å². The van der Waals surface area contributed by atoms with Gasteiger partial charge in [-0.1, -0.05) is 36.4 Å². The molecule has 6 nitrogen and oxygen atoms in total. The molecule has 2 aliphatic rings. The number of nitrogens with zero attached hydrogens (tertiary/aromatic N) is 3. The highest BCUT2D eigenvalue weighted by Crippen LogP contribution is 2.42. The second-order valence-electron chi connectivity index (χ2n) is 9.30. The zero-order valence-corrected chi connectivity index (χ0v) is 21.0. The Kier molecular flexibility index (Phi) is 6.81. The highest BCUT2D eigenvalue weighted by Gasteiger charge is 2.41. The van der Waals surface area contributed by atoms with E-state index >= 15 is 0 Å². The molecule has 0 bridgehead atoms. The number of para-hydroxylation sites is 2. The Bertz CT molecular complexity index is 1350. The largest absolute Gasteiger partial charge is 0.495 e. The van der Waals surface area contributed by atoms with Gasteiger partial charge < -0.3 is 19.3 Å². The van der Waals surface area contributed by atoms with Crippen LogP contribution in [0.3, 0.4) is 0 Å². The molecule has 2 heterocycles. The van der Waals surface area contributed by atoms with Gasteiger partial charge in [0.25, 0.3) is 0 Å². The van der Waals surface area contributed by atoms with Crippen molar-refractivity contribution in [3.8, 4) is 11.5 Å². The number of amides is 2. The van der Waals surface area contributed by atoms with Gasteiger partial charge in [0.05, 0.1) is 38.1 Å². The molecule has 0 aliphatic carbocycles. The predicted molar refractivity (Wildman–Crippen MR) is 135 cm³/mol. The van der Waals surface area contributed by atoms with E-state index in [-0.39, 0.29) is 24.7 Å². The maximum Gasteiger partial charge on any atom is 0.416 e. The number of urea groups is 1. The molecule has 0 N–H and O–H groups in total. The van der Waals surface area contributed by atoms with Crippen LogP contribution >= 0.6 is 0 Å². The van der Waals surface area contributed by atoms with Crippen molar-refractivity contribution in [1.29, 1.82) is 0 Å². The van der Waals surface area contributed by atoms with Crippen LogP contribution in [-0.4, -0.2) is 44.3 Å². The third-order valence-electron chi connectivity index (χ3n) is 7.13. The van der Waals surface area contributed by atoms with Crippen molar-refractivity contribution >= 4 is 17.4 Å². The molecule has 0 aromatic heterocycles. The topological polar surface area (TPSA) is 45.2 Å². The number of benzene rings is 3. The average molecular weight is 530 g/mol. The maximum atomic E-state index is 14.7. The highest BCUT2D eigenvalue weighted by molar-refractivity contribution is 5.97. The lowest BCUT2D eigenvalue weighted by atomic mass is 10.0. The minimum absolute atomic E-state index is 0.0174. The third kappa shape index (κ3) is 4.59. The van der Waals surface area contributed by atoms with Crippen LogP contribution < -0.4 is 19.3 Å². The summed E-state index contributed by atoms with van der Waals surface area (Å²) >= 11 is 0. The molecule has 38 heavy (non-hydrogen) atoms. The van der Waals surface area contributed by atoms with Gasteiger partial charge in [0.1, 0.15) is 23.0 Å². The quantitative estimate of drug-likeness (QED) is 0.363. The first-order valence-electron chi connectivity index (χ1n) is 12.2. The van der Waals surface area contributed by atoms with Crippen LogP contribution in [0.1, 0.15) is 23.1 Å². The summed E-state index contributed by atoms with van der Waals surface area (Å²) in [6.45, 7) is 0.828. The lowest BCUT2D eigenvalue weighted by Gasteiger charge is -2.41. The predicted octanol–water partition coefficient (Wildman–Crippen LogP) is 6.08. The second kappa shape index (κ2) is 10.1. The summed E-state index contributed by atoms with van der Waals surface area (Å²) in [6.07, 6.45) is -4.00. The van der Waals surface area contributed by atoms with Crippen LogP contribution in [0.5, 0.6) is 11.5 Å². The van der Waals surface area contributed by atoms with E-state index in [1.54, 1.807) is 29.2 Å². The molecule has 0 saturated carbocycles. The van der Waals surface area contributed by atoms with E-state index in [4.69, 9.17) is 9.47 Å². The van der Waals surface area contributed by atoms with Crippen LogP contribution in [0.4, 0.5) is 33.7 Å². The number of ether oxygens (including phenoxy) is 2. The Morgan fingerprint density at radius 3 is 2.32 bits per heavy atom. The second-order valence-corrected chi connectivity index (χ2v) is 9.30. The summed E-state index contributed by atoms with van der Waals surface area (Å²) in [6, 6.07) is 14.5. The third-order valence-corrected chi connectivity index (χ3v) is 7.13. The van der Waals surface area contributed by atoms with Crippen molar-refractivity contribution in [1.82, 2.24) is 4.90 Å². The molecule has 2 aliphatic heterocycles. The number of fused-ring (bicyclic) bond motifs is 1. The summed E-state index contributed by atoms with van der Waals surface area (Å²) in [4.78, 5) is 18.8. The first-order valence-corrected chi connectivity index (χ1v) is 12.2. The van der Waals surface area contributed by atoms with E-state index in [0.717, 1.165) is 11.6 Å². The Morgan fingerprint density at radius 2 is 1.61 bits per heavy atom. The van der Waals surface area contributed by atoms with Crippen LogP contribution in [0.2, 0.25) is 0 Å². The molecule has 1 unspecified atom stereocenters. The average Bonchev–Trinajstić information content (AvgIpc) is 3.38. The van der Waals surface area contributed by atoms with Gasteiger partial charge in [-0.2, -0.15) is 13.2 Å². The fraction of sp³-hybridized carbons (Fsp3) is 0.321. The number of hydrogen-bond acceptors (Lipinski definition) is 4. The molecule has 200 valence electrons. The summed E-state index contributed by atoms with van der Waals surface area (Å²) < 4.78 is 66.9. The van der Waals surface area contributed by atoms with Gasteiger partial charge in [0.15, 0.2) is 0 Å². The molecule has 0 radical (unpaired) electrons. The summed E-state index contributed by atoms with van der Waals surface area (Å²) in [5.74, 6) is 0.385. The number of alkyl halides is 3. The molecule has 10 heteroatoms. The Labute approximate surface area is 218 Å². The molecule has 3 aromatic carbocycles. The number of carbonyl (C=O) groups is 1. The van der Waals surface area contributed by atoms with Gasteiger partial charge >= 0.3 is 12.2 Å². The van der Waals surface area contributed by atoms with Crippen molar-refractivity contribution in [3.05, 3.63) is 83.2 Å². The van der Waals surface area contributed by atoms with Crippen molar-refractivity contribution in [3.63, 3.8) is 0 Å². The van der Waals surface area contributed by atoms with Crippen LogP contribution in [0.15, 0.2) is 60.7 Å². The van der Waals surface area contributed by atoms with Crippen molar-refractivity contribution in [2.45, 2.75) is 31.7 Å². The Balaban J connectivity index is 1.49. The molecular formula is C28H27F4N3O3. The number of rotatable bonds is 6. The zero-order chi connectivity index (χ0) is 27.0. The molecule has 5 rings (SSSR count). The Morgan fingerprint density at radius 1 is 0.921 bits per heavy atom. The number of halogens is 4. The monoisotopic (exact) mass is 529 g/mol. The Hall–Kier alpha value is -3.95. The molecule has 1 fully saturated rings. The van der Waals surface area contributed by atoms with E-state index in [9.17, 15) is 22.4 Å². The molecular weight excluding hydrogens is 502 g/mol. The highest BCUT2D eigenvalue weighted by atomic mass is 19.4. The maximum absolute atomic E-state index is 14.7. The molecule has 1 saturated heterocycles. The van der Waals surface area contributed by atoms with Crippen LogP contribution in [0, 0.1) is 5.82 Å². The minimum atomic E-state index is -4.57. The van der Waals surface area contributed by atoms with Gasteiger partial charge in [-0.3, -0.25) is 4.90 Å². The summed E-state index contributed by atoms with van der Waals surface area (Å²) in [7, 11) is 2.94. The van der Waals surface area contributed by atoms with Crippen LogP contribution in [0.25, 0.3) is 0 Å². The number of methoxy groups -OCH3 is 2. The lowest BCUT2D eigenvalue weighted by Crippen LogP contribution is -2.52. The molecule has 1 atom stereocenters. The van der Waals surface area contributed by atoms with Crippen molar-refractivity contribution in [2.75, 3.05) is 37.1 Å². The first kappa shape index (κ1) is 25.7. The first-order chi connectivity index (χ1) is 18.2. The smallest absolute Gasteiger partial charge is 0.416 e. The van der Waals surface area contributed by atoms with E-state index in [0.29, 0.717) is 42.4 Å². The van der Waals surface area contributed by atoms with Gasteiger partial charge in [0.2, 0.25) is 0 Å².